The highest BCUT2D eigenvalue weighted by Crippen LogP contribution is 2.36. The van der Waals surface area contributed by atoms with E-state index in [2.05, 4.69) is 21.2 Å². The largest absolute Gasteiger partial charge is 0.367 e. The fourth-order valence-electron chi connectivity index (χ4n) is 2.80. The number of anilines is 1. The summed E-state index contributed by atoms with van der Waals surface area (Å²) in [4.78, 5) is 2.04. The van der Waals surface area contributed by atoms with Crippen molar-refractivity contribution in [2.45, 2.75) is 25.3 Å². The van der Waals surface area contributed by atoms with Crippen LogP contribution in [0.25, 0.3) is 0 Å². The van der Waals surface area contributed by atoms with Gasteiger partial charge in [0.1, 0.15) is 5.82 Å². The van der Waals surface area contributed by atoms with Gasteiger partial charge in [0.15, 0.2) is 5.82 Å². The molecule has 0 radical (unpaired) electrons. The summed E-state index contributed by atoms with van der Waals surface area (Å²) in [5, 5.41) is 3.54. The fraction of sp³-hybridized carbons (Fsp3) is 0.571. The molecule has 1 unspecified atom stereocenters. The molecular weight excluding hydrogens is 314 g/mol. The summed E-state index contributed by atoms with van der Waals surface area (Å²) in [5.41, 5.74) is 0.496. The van der Waals surface area contributed by atoms with Crippen molar-refractivity contribution in [1.82, 2.24) is 5.32 Å². The Morgan fingerprint density at radius 3 is 2.74 bits per heavy atom. The monoisotopic (exact) mass is 330 g/mol. The summed E-state index contributed by atoms with van der Waals surface area (Å²) in [5.74, 6) is -0.300. The predicted molar refractivity (Wildman–Crippen MR) is 75.4 cm³/mol. The van der Waals surface area contributed by atoms with E-state index in [0.29, 0.717) is 16.2 Å². The van der Waals surface area contributed by atoms with E-state index < -0.39 is 11.6 Å². The van der Waals surface area contributed by atoms with E-state index in [-0.39, 0.29) is 0 Å². The topological polar surface area (TPSA) is 15.3 Å². The van der Waals surface area contributed by atoms with E-state index in [4.69, 9.17) is 0 Å². The average Bonchev–Trinajstić information content (AvgIpc) is 3.14. The van der Waals surface area contributed by atoms with Crippen molar-refractivity contribution in [1.29, 1.82) is 0 Å². The zero-order valence-corrected chi connectivity index (χ0v) is 12.2. The Morgan fingerprint density at radius 1 is 1.26 bits per heavy atom. The third kappa shape index (κ3) is 2.92. The lowest BCUT2D eigenvalue weighted by molar-refractivity contribution is 0.487. The maximum absolute atomic E-state index is 14.0. The van der Waals surface area contributed by atoms with Gasteiger partial charge in [0.2, 0.25) is 0 Å². The molecule has 0 aromatic heterocycles. The average molecular weight is 331 g/mol. The lowest BCUT2D eigenvalue weighted by Crippen LogP contribution is -2.39. The van der Waals surface area contributed by atoms with E-state index in [1.807, 2.05) is 4.90 Å². The molecule has 2 nitrogen and oxygen atoms in total. The highest BCUT2D eigenvalue weighted by atomic mass is 79.9. The first kappa shape index (κ1) is 13.3. The molecule has 0 amide bonds. The first-order valence-electron chi connectivity index (χ1n) is 6.78. The van der Waals surface area contributed by atoms with Gasteiger partial charge >= 0.3 is 0 Å². The molecule has 3 rings (SSSR count). The Morgan fingerprint density at radius 2 is 2.05 bits per heavy atom. The smallest absolute Gasteiger partial charge is 0.150 e. The third-order valence-electron chi connectivity index (χ3n) is 3.92. The van der Waals surface area contributed by atoms with Gasteiger partial charge in [-0.05, 0) is 53.7 Å². The maximum atomic E-state index is 14.0. The maximum Gasteiger partial charge on any atom is 0.150 e. The van der Waals surface area contributed by atoms with Crippen molar-refractivity contribution in [3.05, 3.63) is 28.2 Å². The zero-order chi connectivity index (χ0) is 13.4. The Kier molecular flexibility index (Phi) is 3.76. The molecule has 1 heterocycles. The van der Waals surface area contributed by atoms with E-state index in [9.17, 15) is 8.78 Å². The molecule has 19 heavy (non-hydrogen) atoms. The highest BCUT2D eigenvalue weighted by molar-refractivity contribution is 9.10. The molecule has 1 saturated heterocycles. The van der Waals surface area contributed by atoms with Gasteiger partial charge in [-0.15, -0.1) is 0 Å². The van der Waals surface area contributed by atoms with Crippen molar-refractivity contribution in [3.63, 3.8) is 0 Å². The fourth-order valence-corrected chi connectivity index (χ4v) is 3.46. The van der Waals surface area contributed by atoms with Crippen LogP contribution in [-0.2, 0) is 0 Å². The van der Waals surface area contributed by atoms with Gasteiger partial charge in [-0.2, -0.15) is 0 Å². The number of nitrogens with one attached hydrogen (secondary N) is 1. The summed E-state index contributed by atoms with van der Waals surface area (Å²) >= 11 is 3.29. The number of nitrogens with zero attached hydrogens (tertiary/aromatic N) is 1. The van der Waals surface area contributed by atoms with Crippen LogP contribution in [0.15, 0.2) is 16.6 Å². The van der Waals surface area contributed by atoms with Crippen molar-refractivity contribution in [3.8, 4) is 0 Å². The van der Waals surface area contributed by atoms with Gasteiger partial charge in [0, 0.05) is 29.7 Å². The van der Waals surface area contributed by atoms with E-state index >= 15 is 0 Å². The van der Waals surface area contributed by atoms with E-state index in [1.54, 1.807) is 0 Å². The standard InChI is InChI=1S/C14H17BrF2N2/c15-11-6-10(16)7-12(17)14(11)19-5-1-4-18-13(8-19)9-2-3-9/h6-7,9,13,18H,1-5,8H2. The molecule has 1 aromatic carbocycles. The Bertz CT molecular complexity index is 454. The molecule has 1 aliphatic carbocycles. The molecule has 0 spiro atoms. The Hall–Kier alpha value is -0.680. The predicted octanol–water partition coefficient (Wildman–Crippen LogP) is 3.31. The first-order chi connectivity index (χ1) is 9.15. The molecule has 2 aliphatic rings. The minimum Gasteiger partial charge on any atom is -0.367 e. The van der Waals surface area contributed by atoms with Crippen molar-refractivity contribution < 1.29 is 8.78 Å². The summed E-state index contributed by atoms with van der Waals surface area (Å²) in [6, 6.07) is 2.73. The van der Waals surface area contributed by atoms with Crippen LogP contribution in [0.5, 0.6) is 0 Å². The van der Waals surface area contributed by atoms with Crippen LogP contribution in [0.4, 0.5) is 14.5 Å². The van der Waals surface area contributed by atoms with Gasteiger partial charge in [-0.1, -0.05) is 0 Å². The minimum absolute atomic E-state index is 0.429. The molecular formula is C14H17BrF2N2. The van der Waals surface area contributed by atoms with Crippen LogP contribution >= 0.6 is 15.9 Å². The molecule has 1 N–H and O–H groups in total. The third-order valence-corrected chi connectivity index (χ3v) is 4.52. The highest BCUT2D eigenvalue weighted by Gasteiger charge is 2.34. The Labute approximate surface area is 120 Å². The van der Waals surface area contributed by atoms with Gasteiger partial charge in [-0.25, -0.2) is 8.78 Å². The molecule has 1 saturated carbocycles. The van der Waals surface area contributed by atoms with Crippen LogP contribution in [0.2, 0.25) is 0 Å². The molecule has 104 valence electrons. The SMILES string of the molecule is Fc1cc(F)c(N2CCCNC(C3CC3)C2)c(Br)c1. The summed E-state index contributed by atoms with van der Waals surface area (Å²) < 4.78 is 27.7. The van der Waals surface area contributed by atoms with Crippen LogP contribution in [0.1, 0.15) is 19.3 Å². The number of benzene rings is 1. The van der Waals surface area contributed by atoms with E-state index in [1.165, 1.54) is 18.9 Å². The first-order valence-corrected chi connectivity index (χ1v) is 7.57. The van der Waals surface area contributed by atoms with Crippen molar-refractivity contribution in [2.24, 2.45) is 5.92 Å². The molecule has 5 heteroatoms. The normalized spacial score (nSPS) is 24.4. The zero-order valence-electron chi connectivity index (χ0n) is 10.6. The van der Waals surface area contributed by atoms with Crippen LogP contribution in [0.3, 0.4) is 0 Å². The molecule has 1 atom stereocenters. The number of rotatable bonds is 2. The molecule has 0 bridgehead atoms. The lowest BCUT2D eigenvalue weighted by Gasteiger charge is -2.27. The van der Waals surface area contributed by atoms with Gasteiger partial charge in [0.25, 0.3) is 0 Å². The second kappa shape index (κ2) is 5.37. The van der Waals surface area contributed by atoms with Crippen molar-refractivity contribution >= 4 is 21.6 Å². The molecule has 1 aliphatic heterocycles. The van der Waals surface area contributed by atoms with Crippen LogP contribution in [0, 0.1) is 17.6 Å². The quantitative estimate of drug-likeness (QED) is 0.895. The summed E-state index contributed by atoms with van der Waals surface area (Å²) in [6.07, 6.45) is 3.50. The van der Waals surface area contributed by atoms with Crippen molar-refractivity contribution in [2.75, 3.05) is 24.5 Å². The second-order valence-electron chi connectivity index (χ2n) is 5.42. The van der Waals surface area contributed by atoms with Gasteiger partial charge in [-0.3, -0.25) is 0 Å². The second-order valence-corrected chi connectivity index (χ2v) is 6.27. The summed E-state index contributed by atoms with van der Waals surface area (Å²) in [6.45, 7) is 2.57. The number of hydrogen-bond acceptors (Lipinski definition) is 2. The van der Waals surface area contributed by atoms with Gasteiger partial charge in [0.05, 0.1) is 5.69 Å². The molecule has 1 aromatic rings. The van der Waals surface area contributed by atoms with E-state index in [0.717, 1.165) is 38.0 Å². The lowest BCUT2D eigenvalue weighted by atomic mass is 10.1. The van der Waals surface area contributed by atoms with Crippen LogP contribution in [-0.4, -0.2) is 25.7 Å². The Balaban J connectivity index is 1.87. The number of halogens is 3. The number of hydrogen-bond donors (Lipinski definition) is 1. The minimum atomic E-state index is -0.542. The van der Waals surface area contributed by atoms with Gasteiger partial charge < -0.3 is 10.2 Å². The summed E-state index contributed by atoms with van der Waals surface area (Å²) in [7, 11) is 0. The molecule has 2 fully saturated rings. The van der Waals surface area contributed by atoms with Crippen LogP contribution < -0.4 is 10.2 Å².